The molecular formula is C18H25F2N3O. The molecule has 0 saturated carbocycles. The van der Waals surface area contributed by atoms with Crippen molar-refractivity contribution < 1.29 is 13.6 Å². The summed E-state index contributed by atoms with van der Waals surface area (Å²) in [6.45, 7) is 1.74. The van der Waals surface area contributed by atoms with E-state index in [1.165, 1.54) is 17.7 Å². The van der Waals surface area contributed by atoms with Gasteiger partial charge in [-0.05, 0) is 31.4 Å². The highest BCUT2D eigenvalue weighted by molar-refractivity contribution is 5.74. The molecule has 2 atom stereocenters. The molecule has 0 spiro atoms. The monoisotopic (exact) mass is 337 g/mol. The van der Waals surface area contributed by atoms with Gasteiger partial charge < -0.3 is 10.2 Å². The van der Waals surface area contributed by atoms with Gasteiger partial charge in [0.15, 0.2) is 0 Å². The maximum absolute atomic E-state index is 12.9. The second kappa shape index (κ2) is 7.92. The molecule has 2 unspecified atom stereocenters. The first-order valence-electron chi connectivity index (χ1n) is 8.75. The van der Waals surface area contributed by atoms with E-state index in [0.717, 1.165) is 31.5 Å². The highest BCUT2D eigenvalue weighted by Crippen LogP contribution is 2.27. The second-order valence-electron chi connectivity index (χ2n) is 6.70. The minimum Gasteiger partial charge on any atom is -0.334 e. The van der Waals surface area contributed by atoms with Crippen molar-refractivity contribution in [2.24, 2.45) is 0 Å². The number of hydrogen-bond acceptors (Lipinski definition) is 2. The summed E-state index contributed by atoms with van der Waals surface area (Å²) in [5.74, 6) is 0. The normalized spacial score (nSPS) is 24.0. The van der Waals surface area contributed by atoms with Crippen LogP contribution >= 0.6 is 0 Å². The van der Waals surface area contributed by atoms with Gasteiger partial charge in [-0.25, -0.2) is 13.6 Å². The number of carbonyl (C=O) groups is 1. The van der Waals surface area contributed by atoms with Crippen molar-refractivity contribution in [1.82, 2.24) is 15.1 Å². The summed E-state index contributed by atoms with van der Waals surface area (Å²) in [6.07, 6.45) is 1.85. The standard InChI is InChI=1S/C18H25F2N3O/c19-17(20)13-23(12-14-6-2-1-3-7-14)18(24)21-15-9-11-22-10-5-4-8-16(15)22/h1-3,6-7,15-17H,4-5,8-13H2,(H,21,24). The third-order valence-electron chi connectivity index (χ3n) is 5.03. The Morgan fingerprint density at radius 3 is 2.75 bits per heavy atom. The number of nitrogens with zero attached hydrogens (tertiary/aromatic N) is 2. The van der Waals surface area contributed by atoms with Crippen LogP contribution in [0, 0.1) is 0 Å². The molecule has 2 aliphatic rings. The Morgan fingerprint density at radius 2 is 2.00 bits per heavy atom. The van der Waals surface area contributed by atoms with Gasteiger partial charge in [-0.3, -0.25) is 4.90 Å². The second-order valence-corrected chi connectivity index (χ2v) is 6.70. The number of fused-ring (bicyclic) bond motifs is 1. The predicted octanol–water partition coefficient (Wildman–Crippen LogP) is 3.09. The van der Waals surface area contributed by atoms with Crippen LogP contribution in [0.5, 0.6) is 0 Å². The van der Waals surface area contributed by atoms with Gasteiger partial charge in [0.1, 0.15) is 0 Å². The van der Waals surface area contributed by atoms with Gasteiger partial charge in [-0.2, -0.15) is 0 Å². The van der Waals surface area contributed by atoms with Gasteiger partial charge in [0.2, 0.25) is 0 Å². The van der Waals surface area contributed by atoms with Crippen LogP contribution in [-0.4, -0.2) is 54.0 Å². The highest BCUT2D eigenvalue weighted by atomic mass is 19.3. The lowest BCUT2D eigenvalue weighted by Gasteiger charge is -2.33. The maximum atomic E-state index is 12.9. The fraction of sp³-hybridized carbons (Fsp3) is 0.611. The number of alkyl halides is 2. The fourth-order valence-corrected chi connectivity index (χ4v) is 3.86. The summed E-state index contributed by atoms with van der Waals surface area (Å²) in [5.41, 5.74) is 0.860. The topological polar surface area (TPSA) is 35.6 Å². The number of hydrogen-bond donors (Lipinski definition) is 1. The Morgan fingerprint density at radius 1 is 1.21 bits per heavy atom. The van der Waals surface area contributed by atoms with Crippen LogP contribution in [-0.2, 0) is 6.54 Å². The SMILES string of the molecule is O=C(NC1CCN2CCCCC12)N(Cc1ccccc1)CC(F)F. The minimum absolute atomic E-state index is 0.0775. The Bertz CT molecular complexity index is 540. The molecule has 1 aromatic rings. The Hall–Kier alpha value is -1.69. The molecule has 2 fully saturated rings. The number of piperidine rings is 1. The van der Waals surface area contributed by atoms with Crippen molar-refractivity contribution in [3.63, 3.8) is 0 Å². The summed E-state index contributed by atoms with van der Waals surface area (Å²) in [7, 11) is 0. The lowest BCUT2D eigenvalue weighted by Crippen LogP contribution is -2.51. The third-order valence-corrected chi connectivity index (χ3v) is 5.03. The third kappa shape index (κ3) is 4.23. The zero-order valence-electron chi connectivity index (χ0n) is 13.8. The first kappa shape index (κ1) is 17.1. The van der Waals surface area contributed by atoms with Crippen LogP contribution in [0.2, 0.25) is 0 Å². The summed E-state index contributed by atoms with van der Waals surface area (Å²) in [6, 6.07) is 9.35. The Balaban J connectivity index is 1.62. The van der Waals surface area contributed by atoms with Gasteiger partial charge in [0.05, 0.1) is 6.54 Å². The van der Waals surface area contributed by atoms with Crippen LogP contribution < -0.4 is 5.32 Å². The van der Waals surface area contributed by atoms with Crippen LogP contribution in [0.3, 0.4) is 0 Å². The molecule has 4 nitrogen and oxygen atoms in total. The van der Waals surface area contributed by atoms with Crippen molar-refractivity contribution >= 4 is 6.03 Å². The number of rotatable bonds is 5. The molecule has 0 aromatic heterocycles. The maximum Gasteiger partial charge on any atom is 0.318 e. The Labute approximate surface area is 141 Å². The van der Waals surface area contributed by atoms with E-state index in [-0.39, 0.29) is 18.6 Å². The van der Waals surface area contributed by atoms with Gasteiger partial charge in [-0.1, -0.05) is 36.8 Å². The van der Waals surface area contributed by atoms with E-state index in [9.17, 15) is 13.6 Å². The van der Waals surface area contributed by atoms with E-state index in [4.69, 9.17) is 0 Å². The first-order chi connectivity index (χ1) is 11.6. The highest BCUT2D eigenvalue weighted by Gasteiger charge is 2.37. The summed E-state index contributed by atoms with van der Waals surface area (Å²) < 4.78 is 25.8. The fourth-order valence-electron chi connectivity index (χ4n) is 3.86. The summed E-state index contributed by atoms with van der Waals surface area (Å²) in [5, 5.41) is 3.02. The van der Waals surface area contributed by atoms with Gasteiger partial charge >= 0.3 is 6.03 Å². The predicted molar refractivity (Wildman–Crippen MR) is 89.0 cm³/mol. The molecular weight excluding hydrogens is 312 g/mol. The molecule has 6 heteroatoms. The molecule has 0 aliphatic carbocycles. The zero-order valence-corrected chi connectivity index (χ0v) is 13.8. The van der Waals surface area contributed by atoms with E-state index in [0.29, 0.717) is 6.04 Å². The molecule has 2 saturated heterocycles. The van der Waals surface area contributed by atoms with E-state index in [1.54, 1.807) is 0 Å². The summed E-state index contributed by atoms with van der Waals surface area (Å²) in [4.78, 5) is 16.2. The zero-order chi connectivity index (χ0) is 16.9. The molecule has 24 heavy (non-hydrogen) atoms. The van der Waals surface area contributed by atoms with E-state index in [1.807, 2.05) is 30.3 Å². The number of amides is 2. The number of nitrogens with one attached hydrogen (secondary N) is 1. The van der Waals surface area contributed by atoms with Crippen molar-refractivity contribution in [3.05, 3.63) is 35.9 Å². The molecule has 0 bridgehead atoms. The van der Waals surface area contributed by atoms with Crippen molar-refractivity contribution in [2.45, 2.75) is 50.7 Å². The number of urea groups is 1. The molecule has 1 N–H and O–H groups in total. The summed E-state index contributed by atoms with van der Waals surface area (Å²) >= 11 is 0. The molecule has 1 aromatic carbocycles. The minimum atomic E-state index is -2.53. The lowest BCUT2D eigenvalue weighted by molar-refractivity contribution is 0.0933. The molecule has 0 radical (unpaired) electrons. The van der Waals surface area contributed by atoms with Gasteiger partial charge in [0.25, 0.3) is 6.43 Å². The molecule has 132 valence electrons. The van der Waals surface area contributed by atoms with Crippen molar-refractivity contribution in [1.29, 1.82) is 0 Å². The number of benzene rings is 1. The van der Waals surface area contributed by atoms with E-state index in [2.05, 4.69) is 10.2 Å². The van der Waals surface area contributed by atoms with Gasteiger partial charge in [0, 0.05) is 25.2 Å². The lowest BCUT2D eigenvalue weighted by atomic mass is 9.99. The number of halogens is 2. The molecule has 2 heterocycles. The van der Waals surface area contributed by atoms with Crippen molar-refractivity contribution in [3.8, 4) is 0 Å². The van der Waals surface area contributed by atoms with Crippen LogP contribution in [0.1, 0.15) is 31.2 Å². The molecule has 2 aliphatic heterocycles. The van der Waals surface area contributed by atoms with E-state index < -0.39 is 13.0 Å². The number of carbonyl (C=O) groups excluding carboxylic acids is 1. The molecule has 2 amide bonds. The van der Waals surface area contributed by atoms with E-state index >= 15 is 0 Å². The van der Waals surface area contributed by atoms with Crippen LogP contribution in [0.15, 0.2) is 30.3 Å². The Kier molecular flexibility index (Phi) is 5.66. The largest absolute Gasteiger partial charge is 0.334 e. The first-order valence-corrected chi connectivity index (χ1v) is 8.75. The molecule has 3 rings (SSSR count). The smallest absolute Gasteiger partial charge is 0.318 e. The average molecular weight is 337 g/mol. The average Bonchev–Trinajstić information content (AvgIpc) is 2.98. The van der Waals surface area contributed by atoms with Gasteiger partial charge in [-0.15, -0.1) is 0 Å². The van der Waals surface area contributed by atoms with Crippen LogP contribution in [0.25, 0.3) is 0 Å². The van der Waals surface area contributed by atoms with Crippen molar-refractivity contribution in [2.75, 3.05) is 19.6 Å². The van der Waals surface area contributed by atoms with Crippen LogP contribution in [0.4, 0.5) is 13.6 Å². The quantitative estimate of drug-likeness (QED) is 0.896.